The molecule has 0 bridgehead atoms. The van der Waals surface area contributed by atoms with E-state index in [1.165, 1.54) is 6.07 Å². The number of carbonyl (C=O) groups is 1. The summed E-state index contributed by atoms with van der Waals surface area (Å²) in [6, 6.07) is 6.61. The monoisotopic (exact) mass is 324 g/mol. The second kappa shape index (κ2) is 8.87. The van der Waals surface area contributed by atoms with Crippen LogP contribution in [-0.2, 0) is 4.74 Å². The highest BCUT2D eigenvalue weighted by molar-refractivity contribution is 5.68. The van der Waals surface area contributed by atoms with Gasteiger partial charge in [-0.1, -0.05) is 25.1 Å². The maximum atomic E-state index is 13.7. The fraction of sp³-hybridized carbons (Fsp3) is 0.611. The van der Waals surface area contributed by atoms with Gasteiger partial charge in [-0.25, -0.2) is 9.18 Å². The number of hydrogen-bond donors (Lipinski definition) is 1. The van der Waals surface area contributed by atoms with Gasteiger partial charge in [-0.3, -0.25) is 0 Å². The molecule has 23 heavy (non-hydrogen) atoms. The van der Waals surface area contributed by atoms with Crippen LogP contribution in [0.25, 0.3) is 0 Å². The lowest BCUT2D eigenvalue weighted by atomic mass is 10.1. The lowest BCUT2D eigenvalue weighted by molar-refractivity contribution is 0.0251. The molecule has 1 aromatic carbocycles. The van der Waals surface area contributed by atoms with Crippen molar-refractivity contribution in [3.63, 3.8) is 0 Å². The van der Waals surface area contributed by atoms with E-state index in [2.05, 4.69) is 5.32 Å². The van der Waals surface area contributed by atoms with Crippen molar-refractivity contribution in [3.8, 4) is 0 Å². The van der Waals surface area contributed by atoms with Gasteiger partial charge in [0.25, 0.3) is 0 Å². The predicted octanol–water partition coefficient (Wildman–Crippen LogP) is 4.12. The topological polar surface area (TPSA) is 41.6 Å². The standard InChI is InChI=1S/C18H29FN2O2/c1-6-12-21(17(22)23-18(3,4)5)13-11-20-14(2)15-9-7-8-10-16(15)19/h7-10,14,20H,6,11-13H2,1-5H3. The second-order valence-electron chi connectivity index (χ2n) is 6.66. The molecule has 0 radical (unpaired) electrons. The molecule has 5 heteroatoms. The van der Waals surface area contributed by atoms with Crippen molar-refractivity contribution in [1.29, 1.82) is 0 Å². The summed E-state index contributed by atoms with van der Waals surface area (Å²) in [6.07, 6.45) is 0.557. The van der Waals surface area contributed by atoms with E-state index in [0.29, 0.717) is 25.2 Å². The number of ether oxygens (including phenoxy) is 1. The zero-order chi connectivity index (χ0) is 17.5. The van der Waals surface area contributed by atoms with Gasteiger partial charge in [0.2, 0.25) is 0 Å². The highest BCUT2D eigenvalue weighted by Crippen LogP contribution is 2.16. The van der Waals surface area contributed by atoms with Crippen molar-refractivity contribution < 1.29 is 13.9 Å². The summed E-state index contributed by atoms with van der Waals surface area (Å²) < 4.78 is 19.1. The van der Waals surface area contributed by atoms with Gasteiger partial charge in [-0.15, -0.1) is 0 Å². The summed E-state index contributed by atoms with van der Waals surface area (Å²) in [4.78, 5) is 13.9. The maximum absolute atomic E-state index is 13.7. The lowest BCUT2D eigenvalue weighted by Crippen LogP contribution is -2.41. The van der Waals surface area contributed by atoms with Crippen LogP contribution in [0.3, 0.4) is 0 Å². The molecule has 0 saturated carbocycles. The van der Waals surface area contributed by atoms with Crippen molar-refractivity contribution in [2.45, 2.75) is 52.7 Å². The molecule has 0 saturated heterocycles. The quantitative estimate of drug-likeness (QED) is 0.820. The van der Waals surface area contributed by atoms with E-state index in [4.69, 9.17) is 4.74 Å². The van der Waals surface area contributed by atoms with E-state index >= 15 is 0 Å². The van der Waals surface area contributed by atoms with E-state index in [9.17, 15) is 9.18 Å². The summed E-state index contributed by atoms with van der Waals surface area (Å²) in [5.74, 6) is -0.218. The Labute approximate surface area is 139 Å². The fourth-order valence-electron chi connectivity index (χ4n) is 2.24. The summed E-state index contributed by atoms with van der Waals surface area (Å²) in [7, 11) is 0. The van der Waals surface area contributed by atoms with Crippen molar-refractivity contribution in [2.75, 3.05) is 19.6 Å². The Morgan fingerprint density at radius 3 is 2.52 bits per heavy atom. The molecule has 1 aromatic rings. The van der Waals surface area contributed by atoms with E-state index in [1.54, 1.807) is 17.0 Å². The number of nitrogens with zero attached hydrogens (tertiary/aromatic N) is 1. The zero-order valence-electron chi connectivity index (χ0n) is 14.9. The largest absolute Gasteiger partial charge is 0.444 e. The predicted molar refractivity (Wildman–Crippen MR) is 90.9 cm³/mol. The average molecular weight is 324 g/mol. The first-order chi connectivity index (χ1) is 10.7. The van der Waals surface area contributed by atoms with Gasteiger partial charge in [0.1, 0.15) is 11.4 Å². The summed E-state index contributed by atoms with van der Waals surface area (Å²) >= 11 is 0. The minimum Gasteiger partial charge on any atom is -0.444 e. The number of amides is 1. The SMILES string of the molecule is CCCN(CCNC(C)c1ccccc1F)C(=O)OC(C)(C)C. The second-order valence-corrected chi connectivity index (χ2v) is 6.66. The van der Waals surface area contributed by atoms with Crippen molar-refractivity contribution in [2.24, 2.45) is 0 Å². The molecule has 4 nitrogen and oxygen atoms in total. The lowest BCUT2D eigenvalue weighted by Gasteiger charge is -2.27. The van der Waals surface area contributed by atoms with Gasteiger partial charge in [0.15, 0.2) is 0 Å². The third-order valence-corrected chi connectivity index (χ3v) is 3.35. The Bertz CT molecular complexity index is 500. The van der Waals surface area contributed by atoms with Crippen molar-refractivity contribution in [1.82, 2.24) is 10.2 Å². The van der Waals surface area contributed by atoms with Crippen LogP contribution in [0.4, 0.5) is 9.18 Å². The van der Waals surface area contributed by atoms with Crippen LogP contribution in [0.5, 0.6) is 0 Å². The molecule has 0 aliphatic rings. The Balaban J connectivity index is 2.52. The van der Waals surface area contributed by atoms with Crippen LogP contribution in [0.15, 0.2) is 24.3 Å². The van der Waals surface area contributed by atoms with Crippen LogP contribution >= 0.6 is 0 Å². The highest BCUT2D eigenvalue weighted by Gasteiger charge is 2.21. The molecule has 0 spiro atoms. The summed E-state index contributed by atoms with van der Waals surface area (Å²) in [5.41, 5.74) is 0.128. The molecule has 0 aliphatic heterocycles. The normalized spacial score (nSPS) is 12.8. The van der Waals surface area contributed by atoms with Gasteiger partial charge in [0, 0.05) is 31.2 Å². The van der Waals surface area contributed by atoms with Crippen molar-refractivity contribution in [3.05, 3.63) is 35.6 Å². The molecule has 130 valence electrons. The van der Waals surface area contributed by atoms with Gasteiger partial charge in [-0.2, -0.15) is 0 Å². The summed E-state index contributed by atoms with van der Waals surface area (Å²) in [5, 5.41) is 3.26. The molecule has 0 heterocycles. The molecule has 0 aliphatic carbocycles. The Hall–Kier alpha value is -1.62. The minimum absolute atomic E-state index is 0.113. The summed E-state index contributed by atoms with van der Waals surface area (Å²) in [6.45, 7) is 11.2. The van der Waals surface area contributed by atoms with Crippen LogP contribution in [0, 0.1) is 5.82 Å². The van der Waals surface area contributed by atoms with E-state index in [0.717, 1.165) is 6.42 Å². The van der Waals surface area contributed by atoms with Gasteiger partial charge >= 0.3 is 6.09 Å². The third-order valence-electron chi connectivity index (χ3n) is 3.35. The molecular weight excluding hydrogens is 295 g/mol. The van der Waals surface area contributed by atoms with Gasteiger partial charge in [0.05, 0.1) is 0 Å². The number of rotatable bonds is 7. The smallest absolute Gasteiger partial charge is 0.410 e. The molecule has 1 N–H and O–H groups in total. The zero-order valence-corrected chi connectivity index (χ0v) is 14.9. The first kappa shape index (κ1) is 19.4. The number of hydrogen-bond acceptors (Lipinski definition) is 3. The molecule has 1 amide bonds. The number of carbonyl (C=O) groups excluding carboxylic acids is 1. The number of benzene rings is 1. The number of halogens is 1. The van der Waals surface area contributed by atoms with Crippen LogP contribution < -0.4 is 5.32 Å². The van der Waals surface area contributed by atoms with Crippen LogP contribution in [0.1, 0.15) is 52.6 Å². The van der Waals surface area contributed by atoms with E-state index in [1.807, 2.05) is 40.7 Å². The first-order valence-corrected chi connectivity index (χ1v) is 8.20. The highest BCUT2D eigenvalue weighted by atomic mass is 19.1. The average Bonchev–Trinajstić information content (AvgIpc) is 2.44. The molecule has 1 rings (SSSR count). The van der Waals surface area contributed by atoms with E-state index < -0.39 is 5.60 Å². The first-order valence-electron chi connectivity index (χ1n) is 8.20. The molecule has 0 aromatic heterocycles. The molecule has 0 fully saturated rings. The van der Waals surface area contributed by atoms with Gasteiger partial charge < -0.3 is 15.0 Å². The molecular formula is C18H29FN2O2. The van der Waals surface area contributed by atoms with Crippen molar-refractivity contribution >= 4 is 6.09 Å². The minimum atomic E-state index is -0.503. The van der Waals surface area contributed by atoms with Crippen LogP contribution in [0.2, 0.25) is 0 Å². The third kappa shape index (κ3) is 6.99. The van der Waals surface area contributed by atoms with Gasteiger partial charge in [-0.05, 0) is 40.2 Å². The number of nitrogens with one attached hydrogen (secondary N) is 1. The Morgan fingerprint density at radius 2 is 1.96 bits per heavy atom. The Morgan fingerprint density at radius 1 is 1.30 bits per heavy atom. The molecule has 1 unspecified atom stereocenters. The maximum Gasteiger partial charge on any atom is 0.410 e. The molecule has 1 atom stereocenters. The Kier molecular flexibility index (Phi) is 7.49. The van der Waals surface area contributed by atoms with E-state index in [-0.39, 0.29) is 18.0 Å². The van der Waals surface area contributed by atoms with Crippen LogP contribution in [-0.4, -0.2) is 36.2 Å². The fourth-order valence-corrected chi connectivity index (χ4v) is 2.24.